The van der Waals surface area contributed by atoms with Crippen molar-refractivity contribution in [1.29, 1.82) is 0 Å². The molecule has 0 aromatic heterocycles. The predicted molar refractivity (Wildman–Crippen MR) is 68.3 cm³/mol. The summed E-state index contributed by atoms with van der Waals surface area (Å²) < 4.78 is 65.2. The number of alkyl halides is 3. The molecule has 0 aliphatic carbocycles. The standard InChI is InChI=1S/C11H13F3N2O4S/c1-2-20-10(17)16-8-3-5-9(6-4-8)21(18,19)15-7-11(12,13)14/h3-6,15H,2,7H2,1H3,(H,16,17). The maximum Gasteiger partial charge on any atom is 0.411 e. The summed E-state index contributed by atoms with van der Waals surface area (Å²) in [5, 5.41) is 2.32. The predicted octanol–water partition coefficient (Wildman–Crippen LogP) is 2.10. The maximum absolute atomic E-state index is 12.0. The van der Waals surface area contributed by atoms with Crippen LogP contribution in [0.5, 0.6) is 0 Å². The first-order chi connectivity index (χ1) is 9.64. The molecule has 1 aromatic carbocycles. The van der Waals surface area contributed by atoms with Gasteiger partial charge < -0.3 is 4.74 Å². The molecule has 0 saturated heterocycles. The fraction of sp³-hybridized carbons (Fsp3) is 0.364. The number of carbonyl (C=O) groups is 1. The topological polar surface area (TPSA) is 84.5 Å². The van der Waals surface area contributed by atoms with Crippen LogP contribution in [0.2, 0.25) is 0 Å². The molecular formula is C11H13F3N2O4S. The van der Waals surface area contributed by atoms with E-state index in [-0.39, 0.29) is 17.2 Å². The van der Waals surface area contributed by atoms with Gasteiger partial charge in [0.1, 0.15) is 6.54 Å². The number of hydrogen-bond acceptors (Lipinski definition) is 4. The lowest BCUT2D eigenvalue weighted by molar-refractivity contribution is -0.121. The molecule has 0 radical (unpaired) electrons. The van der Waals surface area contributed by atoms with Gasteiger partial charge in [-0.25, -0.2) is 17.9 Å². The second kappa shape index (κ2) is 6.76. The Labute approximate surface area is 119 Å². The summed E-state index contributed by atoms with van der Waals surface area (Å²) in [5.41, 5.74) is 0.253. The number of carbonyl (C=O) groups excluding carboxylic acids is 1. The van der Waals surface area contributed by atoms with Crippen LogP contribution in [0.4, 0.5) is 23.7 Å². The van der Waals surface area contributed by atoms with Crippen LogP contribution in [0.15, 0.2) is 29.2 Å². The van der Waals surface area contributed by atoms with Gasteiger partial charge in [-0.3, -0.25) is 5.32 Å². The van der Waals surface area contributed by atoms with Crippen molar-refractivity contribution in [1.82, 2.24) is 4.72 Å². The number of halogens is 3. The molecule has 1 aromatic rings. The summed E-state index contributed by atoms with van der Waals surface area (Å²) in [6, 6.07) is 4.61. The summed E-state index contributed by atoms with van der Waals surface area (Å²) in [6.07, 6.45) is -5.36. The zero-order valence-corrected chi connectivity index (χ0v) is 11.7. The molecule has 2 N–H and O–H groups in total. The highest BCUT2D eigenvalue weighted by Crippen LogP contribution is 2.17. The SMILES string of the molecule is CCOC(=O)Nc1ccc(S(=O)(=O)NCC(F)(F)F)cc1. The molecule has 1 amide bonds. The zero-order valence-electron chi connectivity index (χ0n) is 10.9. The second-order valence-corrected chi connectivity index (χ2v) is 5.58. The molecular weight excluding hydrogens is 313 g/mol. The van der Waals surface area contributed by atoms with E-state index in [9.17, 15) is 26.4 Å². The minimum absolute atomic E-state index is 0.166. The molecule has 0 spiro atoms. The highest BCUT2D eigenvalue weighted by Gasteiger charge is 2.30. The Balaban J connectivity index is 2.75. The lowest BCUT2D eigenvalue weighted by atomic mass is 10.3. The van der Waals surface area contributed by atoms with Gasteiger partial charge in [0.2, 0.25) is 10.0 Å². The summed E-state index contributed by atoms with van der Waals surface area (Å²) >= 11 is 0. The molecule has 0 heterocycles. The number of ether oxygens (including phenoxy) is 1. The van der Waals surface area contributed by atoms with Gasteiger partial charge >= 0.3 is 12.3 Å². The van der Waals surface area contributed by atoms with Crippen molar-refractivity contribution in [2.75, 3.05) is 18.5 Å². The van der Waals surface area contributed by atoms with Crippen LogP contribution in [0, 0.1) is 0 Å². The molecule has 10 heteroatoms. The van der Waals surface area contributed by atoms with E-state index in [1.165, 1.54) is 16.9 Å². The number of hydrogen-bond donors (Lipinski definition) is 2. The van der Waals surface area contributed by atoms with Gasteiger partial charge in [-0.2, -0.15) is 13.2 Å². The number of amides is 1. The molecule has 0 aliphatic heterocycles. The molecule has 0 bridgehead atoms. The number of nitrogens with one attached hydrogen (secondary N) is 2. The third-order valence-electron chi connectivity index (χ3n) is 2.15. The average Bonchev–Trinajstić information content (AvgIpc) is 2.37. The first-order valence-corrected chi connectivity index (χ1v) is 7.22. The summed E-state index contributed by atoms with van der Waals surface area (Å²) in [5.74, 6) is 0. The van der Waals surface area contributed by atoms with Crippen molar-refractivity contribution in [2.24, 2.45) is 0 Å². The molecule has 6 nitrogen and oxygen atoms in total. The van der Waals surface area contributed by atoms with E-state index in [2.05, 4.69) is 10.1 Å². The van der Waals surface area contributed by atoms with Crippen molar-refractivity contribution in [3.8, 4) is 0 Å². The van der Waals surface area contributed by atoms with Crippen LogP contribution in [0.3, 0.4) is 0 Å². The average molecular weight is 326 g/mol. The van der Waals surface area contributed by atoms with Crippen molar-refractivity contribution in [3.05, 3.63) is 24.3 Å². The van der Waals surface area contributed by atoms with E-state index in [0.717, 1.165) is 12.1 Å². The first kappa shape index (κ1) is 17.2. The minimum atomic E-state index is -4.64. The highest BCUT2D eigenvalue weighted by atomic mass is 32.2. The third-order valence-corrected chi connectivity index (χ3v) is 3.57. The lowest BCUT2D eigenvalue weighted by Crippen LogP contribution is -2.33. The number of rotatable bonds is 5. The molecule has 0 saturated carbocycles. The van der Waals surface area contributed by atoms with Gasteiger partial charge in [0.15, 0.2) is 0 Å². The van der Waals surface area contributed by atoms with Gasteiger partial charge in [0, 0.05) is 5.69 Å². The quantitative estimate of drug-likeness (QED) is 0.868. The largest absolute Gasteiger partial charge is 0.450 e. The van der Waals surface area contributed by atoms with Crippen LogP contribution in [0.1, 0.15) is 6.92 Å². The second-order valence-electron chi connectivity index (χ2n) is 3.81. The van der Waals surface area contributed by atoms with Gasteiger partial charge in [-0.15, -0.1) is 0 Å². The van der Waals surface area contributed by atoms with Crippen LogP contribution < -0.4 is 10.0 Å². The van der Waals surface area contributed by atoms with E-state index in [1.807, 2.05) is 0 Å². The zero-order chi connectivity index (χ0) is 16.1. The molecule has 1 rings (SSSR count). The highest BCUT2D eigenvalue weighted by molar-refractivity contribution is 7.89. The van der Waals surface area contributed by atoms with Crippen LogP contribution in [-0.2, 0) is 14.8 Å². The monoisotopic (exact) mass is 326 g/mol. The van der Waals surface area contributed by atoms with Gasteiger partial charge in [-0.05, 0) is 31.2 Å². The summed E-state index contributed by atoms with van der Waals surface area (Å²) in [6.45, 7) is 0.124. The van der Waals surface area contributed by atoms with E-state index in [1.54, 1.807) is 6.92 Å². The van der Waals surface area contributed by atoms with E-state index in [0.29, 0.717) is 0 Å². The van der Waals surface area contributed by atoms with Crippen LogP contribution >= 0.6 is 0 Å². The number of sulfonamides is 1. The van der Waals surface area contributed by atoms with Gasteiger partial charge in [-0.1, -0.05) is 0 Å². The Morgan fingerprint density at radius 2 is 1.81 bits per heavy atom. The van der Waals surface area contributed by atoms with Crippen LogP contribution in [0.25, 0.3) is 0 Å². The Morgan fingerprint density at radius 3 is 2.29 bits per heavy atom. The van der Waals surface area contributed by atoms with E-state index in [4.69, 9.17) is 0 Å². The summed E-state index contributed by atoms with van der Waals surface area (Å²) in [4.78, 5) is 10.8. The normalized spacial score (nSPS) is 12.0. The van der Waals surface area contributed by atoms with Crippen molar-refractivity contribution >= 4 is 21.8 Å². The number of benzene rings is 1. The van der Waals surface area contributed by atoms with Crippen LogP contribution in [-0.4, -0.2) is 33.8 Å². The molecule has 0 fully saturated rings. The maximum atomic E-state index is 12.0. The Hall–Kier alpha value is -1.81. The fourth-order valence-electron chi connectivity index (χ4n) is 1.26. The summed E-state index contributed by atoms with van der Waals surface area (Å²) in [7, 11) is -4.26. The molecule has 0 unspecified atom stereocenters. The van der Waals surface area contributed by atoms with Gasteiger partial charge in [0.05, 0.1) is 11.5 Å². The minimum Gasteiger partial charge on any atom is -0.450 e. The molecule has 0 aliphatic rings. The molecule has 118 valence electrons. The van der Waals surface area contributed by atoms with Crippen molar-refractivity contribution in [3.63, 3.8) is 0 Å². The van der Waals surface area contributed by atoms with Gasteiger partial charge in [0.25, 0.3) is 0 Å². The first-order valence-electron chi connectivity index (χ1n) is 5.74. The van der Waals surface area contributed by atoms with E-state index >= 15 is 0 Å². The Bertz CT molecular complexity index is 584. The molecule has 0 atom stereocenters. The number of anilines is 1. The molecule has 21 heavy (non-hydrogen) atoms. The third kappa shape index (κ3) is 6.00. The fourth-order valence-corrected chi connectivity index (χ4v) is 2.28. The smallest absolute Gasteiger partial charge is 0.411 e. The van der Waals surface area contributed by atoms with Crippen molar-refractivity contribution < 1.29 is 31.1 Å². The van der Waals surface area contributed by atoms with E-state index < -0.39 is 28.8 Å². The van der Waals surface area contributed by atoms with Crippen molar-refractivity contribution in [2.45, 2.75) is 18.0 Å². The Morgan fingerprint density at radius 1 is 1.24 bits per heavy atom. The Kier molecular flexibility index (Phi) is 5.55. The lowest BCUT2D eigenvalue weighted by Gasteiger charge is -2.10.